The lowest BCUT2D eigenvalue weighted by molar-refractivity contribution is 0.560. The minimum atomic E-state index is -3.47. The first-order chi connectivity index (χ1) is 9.88. The maximum atomic E-state index is 12.9. The van der Waals surface area contributed by atoms with Gasteiger partial charge in [0.2, 0.25) is 10.0 Å². The molecule has 0 heterocycles. The second-order valence-corrected chi connectivity index (χ2v) is 7.04. The Bertz CT molecular complexity index is 692. The van der Waals surface area contributed by atoms with E-state index in [1.807, 2.05) is 13.8 Å². The first-order valence-electron chi connectivity index (χ1n) is 6.74. The Morgan fingerprint density at radius 1 is 0.952 bits per heavy atom. The molecule has 0 amide bonds. The Labute approximate surface area is 124 Å². The number of hydrogen-bond donors (Lipinski definition) is 1. The smallest absolute Gasteiger partial charge is 0.211 e. The minimum absolute atomic E-state index is 0.231. The van der Waals surface area contributed by atoms with E-state index in [1.54, 1.807) is 36.4 Å². The molecule has 1 N–H and O–H groups in total. The monoisotopic (exact) mass is 307 g/mol. The number of hydrogen-bond acceptors (Lipinski definition) is 2. The number of halogens is 1. The fourth-order valence-electron chi connectivity index (χ4n) is 1.83. The Hall–Kier alpha value is -1.72. The molecule has 2 aromatic carbocycles. The second kappa shape index (κ2) is 6.37. The van der Waals surface area contributed by atoms with E-state index in [4.69, 9.17) is 0 Å². The molecule has 0 fully saturated rings. The Balaban J connectivity index is 2.20. The van der Waals surface area contributed by atoms with Gasteiger partial charge in [-0.25, -0.2) is 17.5 Å². The van der Waals surface area contributed by atoms with Crippen LogP contribution in [0.1, 0.15) is 13.8 Å². The summed E-state index contributed by atoms with van der Waals surface area (Å²) in [5.41, 5.74) is 1.69. The molecule has 0 aliphatic rings. The van der Waals surface area contributed by atoms with Crippen LogP contribution in [0, 0.1) is 11.7 Å². The van der Waals surface area contributed by atoms with Crippen molar-refractivity contribution in [1.29, 1.82) is 0 Å². The van der Waals surface area contributed by atoms with Gasteiger partial charge in [-0.2, -0.15) is 0 Å². The summed E-state index contributed by atoms with van der Waals surface area (Å²) >= 11 is 0. The van der Waals surface area contributed by atoms with E-state index in [0.29, 0.717) is 6.54 Å². The van der Waals surface area contributed by atoms with Gasteiger partial charge in [-0.15, -0.1) is 0 Å². The van der Waals surface area contributed by atoms with Crippen molar-refractivity contribution in [2.45, 2.75) is 18.7 Å². The molecule has 0 spiro atoms. The van der Waals surface area contributed by atoms with E-state index < -0.39 is 10.0 Å². The number of rotatable bonds is 5. The average molecular weight is 307 g/mol. The summed E-state index contributed by atoms with van der Waals surface area (Å²) in [5.74, 6) is -0.0471. The van der Waals surface area contributed by atoms with Crippen molar-refractivity contribution >= 4 is 10.0 Å². The molecule has 112 valence electrons. The molecule has 21 heavy (non-hydrogen) atoms. The summed E-state index contributed by atoms with van der Waals surface area (Å²) in [5, 5.41) is 0. The molecule has 0 aliphatic heterocycles. The fourth-order valence-corrected chi connectivity index (χ4v) is 3.04. The molecular formula is C16H18FNO2S. The Morgan fingerprint density at radius 2 is 1.43 bits per heavy atom. The van der Waals surface area contributed by atoms with Crippen LogP contribution in [-0.4, -0.2) is 15.0 Å². The van der Waals surface area contributed by atoms with Gasteiger partial charge in [0, 0.05) is 6.54 Å². The van der Waals surface area contributed by atoms with Crippen LogP contribution < -0.4 is 4.72 Å². The van der Waals surface area contributed by atoms with Crippen molar-refractivity contribution in [1.82, 2.24) is 4.72 Å². The van der Waals surface area contributed by atoms with E-state index >= 15 is 0 Å². The van der Waals surface area contributed by atoms with Crippen molar-refractivity contribution in [2.24, 2.45) is 5.92 Å². The van der Waals surface area contributed by atoms with Crippen LogP contribution in [0.25, 0.3) is 11.1 Å². The maximum absolute atomic E-state index is 12.9. The molecule has 0 atom stereocenters. The van der Waals surface area contributed by atoms with Gasteiger partial charge in [-0.3, -0.25) is 0 Å². The summed E-state index contributed by atoms with van der Waals surface area (Å²) in [6.45, 7) is 4.29. The van der Waals surface area contributed by atoms with Gasteiger partial charge >= 0.3 is 0 Å². The highest BCUT2D eigenvalue weighted by atomic mass is 32.2. The van der Waals surface area contributed by atoms with Gasteiger partial charge < -0.3 is 0 Å². The van der Waals surface area contributed by atoms with Gasteiger partial charge in [0.25, 0.3) is 0 Å². The van der Waals surface area contributed by atoms with Crippen LogP contribution in [0.15, 0.2) is 53.4 Å². The second-order valence-electron chi connectivity index (χ2n) is 5.28. The SMILES string of the molecule is CC(C)CNS(=O)(=O)c1ccc(-c2ccc(F)cc2)cc1. The molecule has 0 unspecified atom stereocenters. The minimum Gasteiger partial charge on any atom is -0.211 e. The maximum Gasteiger partial charge on any atom is 0.240 e. The van der Waals surface area contributed by atoms with E-state index in [-0.39, 0.29) is 16.6 Å². The summed E-state index contributed by atoms with van der Waals surface area (Å²) in [7, 11) is -3.47. The molecule has 0 aliphatic carbocycles. The molecule has 0 saturated heterocycles. The highest BCUT2D eigenvalue weighted by molar-refractivity contribution is 7.89. The molecule has 0 aromatic heterocycles. The van der Waals surface area contributed by atoms with Crippen LogP contribution in [0.4, 0.5) is 4.39 Å². The number of sulfonamides is 1. The zero-order valence-corrected chi connectivity index (χ0v) is 12.8. The topological polar surface area (TPSA) is 46.2 Å². The molecule has 3 nitrogen and oxygen atoms in total. The predicted octanol–water partition coefficient (Wildman–Crippen LogP) is 3.43. The molecule has 0 saturated carbocycles. The standard InChI is InChI=1S/C16H18FNO2S/c1-12(2)11-18-21(19,20)16-9-5-14(6-10-16)13-3-7-15(17)8-4-13/h3-10,12,18H,11H2,1-2H3. The number of benzene rings is 2. The number of nitrogens with one attached hydrogen (secondary N) is 1. The first-order valence-corrected chi connectivity index (χ1v) is 8.22. The third-order valence-electron chi connectivity index (χ3n) is 3.02. The highest BCUT2D eigenvalue weighted by Gasteiger charge is 2.14. The van der Waals surface area contributed by atoms with Crippen LogP contribution in [0.3, 0.4) is 0 Å². The molecular weight excluding hydrogens is 289 g/mol. The highest BCUT2D eigenvalue weighted by Crippen LogP contribution is 2.21. The largest absolute Gasteiger partial charge is 0.240 e. The summed E-state index contributed by atoms with van der Waals surface area (Å²) in [4.78, 5) is 0.231. The van der Waals surface area contributed by atoms with Crippen molar-refractivity contribution in [3.8, 4) is 11.1 Å². The average Bonchev–Trinajstić information content (AvgIpc) is 2.46. The van der Waals surface area contributed by atoms with Gasteiger partial charge in [-0.1, -0.05) is 38.1 Å². The third kappa shape index (κ3) is 4.12. The Kier molecular flexibility index (Phi) is 4.75. The van der Waals surface area contributed by atoms with Gasteiger partial charge in [0.15, 0.2) is 0 Å². The van der Waals surface area contributed by atoms with Crippen molar-refractivity contribution in [3.05, 3.63) is 54.3 Å². The zero-order chi connectivity index (χ0) is 15.5. The third-order valence-corrected chi connectivity index (χ3v) is 4.46. The first kappa shape index (κ1) is 15.7. The lowest BCUT2D eigenvalue weighted by Crippen LogP contribution is -2.27. The van der Waals surface area contributed by atoms with Crippen LogP contribution in [0.5, 0.6) is 0 Å². The van der Waals surface area contributed by atoms with E-state index in [2.05, 4.69) is 4.72 Å². The quantitative estimate of drug-likeness (QED) is 0.920. The molecule has 2 rings (SSSR count). The van der Waals surface area contributed by atoms with Crippen molar-refractivity contribution in [3.63, 3.8) is 0 Å². The van der Waals surface area contributed by atoms with Crippen LogP contribution in [0.2, 0.25) is 0 Å². The van der Waals surface area contributed by atoms with E-state index in [0.717, 1.165) is 11.1 Å². The zero-order valence-electron chi connectivity index (χ0n) is 12.0. The normalized spacial score (nSPS) is 11.8. The summed E-state index contributed by atoms with van der Waals surface area (Å²) in [6, 6.07) is 12.6. The summed E-state index contributed by atoms with van der Waals surface area (Å²) < 4.78 is 39.6. The van der Waals surface area contributed by atoms with Crippen LogP contribution >= 0.6 is 0 Å². The predicted molar refractivity (Wildman–Crippen MR) is 81.9 cm³/mol. The van der Waals surface area contributed by atoms with Gasteiger partial charge in [0.1, 0.15) is 5.82 Å². The molecule has 0 radical (unpaired) electrons. The lowest BCUT2D eigenvalue weighted by atomic mass is 10.1. The Morgan fingerprint density at radius 3 is 1.90 bits per heavy atom. The lowest BCUT2D eigenvalue weighted by Gasteiger charge is -2.09. The summed E-state index contributed by atoms with van der Waals surface area (Å²) in [6.07, 6.45) is 0. The van der Waals surface area contributed by atoms with E-state index in [1.165, 1.54) is 12.1 Å². The van der Waals surface area contributed by atoms with E-state index in [9.17, 15) is 12.8 Å². The van der Waals surface area contributed by atoms with Gasteiger partial charge in [-0.05, 0) is 41.3 Å². The molecule has 2 aromatic rings. The van der Waals surface area contributed by atoms with Crippen molar-refractivity contribution in [2.75, 3.05) is 6.54 Å². The molecule has 0 bridgehead atoms. The fraction of sp³-hybridized carbons (Fsp3) is 0.250. The van der Waals surface area contributed by atoms with Crippen molar-refractivity contribution < 1.29 is 12.8 Å². The molecule has 5 heteroatoms. The van der Waals surface area contributed by atoms with Crippen LogP contribution in [-0.2, 0) is 10.0 Å². The van der Waals surface area contributed by atoms with Gasteiger partial charge in [0.05, 0.1) is 4.90 Å².